The average Bonchev–Trinajstić information content (AvgIpc) is 2.64. The summed E-state index contributed by atoms with van der Waals surface area (Å²) in [5.74, 6) is -0.00300. The van der Waals surface area contributed by atoms with Crippen LogP contribution in [0.5, 0.6) is 0 Å². The Balaban J connectivity index is 1.88. The number of halogens is 6. The molecule has 1 aromatic rings. The zero-order valence-corrected chi connectivity index (χ0v) is 15.3. The molecule has 2 aliphatic heterocycles. The number of hydrogen-bond acceptors (Lipinski definition) is 6. The number of nitrogens with zero attached hydrogens (tertiary/aromatic N) is 4. The van der Waals surface area contributed by atoms with Crippen LogP contribution in [-0.2, 0) is 16.0 Å². The van der Waals surface area contributed by atoms with Crippen molar-refractivity contribution in [1.82, 2.24) is 9.55 Å². The van der Waals surface area contributed by atoms with E-state index in [2.05, 4.69) is 9.72 Å². The molecule has 3 rings (SSSR count). The van der Waals surface area contributed by atoms with Crippen LogP contribution < -0.4 is 15.4 Å². The lowest BCUT2D eigenvalue weighted by Crippen LogP contribution is -2.53. The molecule has 1 atom stereocenters. The second kappa shape index (κ2) is 8.38. The molecule has 3 heterocycles. The minimum Gasteiger partial charge on any atom is -0.378 e. The lowest BCUT2D eigenvalue weighted by atomic mass is 10.1. The van der Waals surface area contributed by atoms with Crippen molar-refractivity contribution in [3.05, 3.63) is 16.4 Å². The van der Waals surface area contributed by atoms with Gasteiger partial charge in [-0.15, -0.1) is 0 Å². The monoisotopic (exact) mass is 430 g/mol. The first kappa shape index (κ1) is 21.7. The molecule has 0 spiro atoms. The molecule has 0 unspecified atom stereocenters. The predicted molar refractivity (Wildman–Crippen MR) is 90.2 cm³/mol. The molecule has 164 valence electrons. The van der Waals surface area contributed by atoms with Gasteiger partial charge in [-0.25, -0.2) is 0 Å². The number of morpholine rings is 1. The summed E-state index contributed by atoms with van der Waals surface area (Å²) < 4.78 is 88.1. The van der Waals surface area contributed by atoms with Crippen molar-refractivity contribution in [1.29, 1.82) is 0 Å². The Morgan fingerprint density at radius 2 is 1.83 bits per heavy atom. The molecule has 0 aliphatic carbocycles. The Labute approximate surface area is 161 Å². The molecule has 0 radical (unpaired) electrons. The van der Waals surface area contributed by atoms with E-state index in [1.165, 1.54) is 6.07 Å². The van der Waals surface area contributed by atoms with Gasteiger partial charge in [0.05, 0.1) is 19.8 Å². The number of ether oxygens (including phenoxy) is 2. The van der Waals surface area contributed by atoms with Crippen LogP contribution in [0.2, 0.25) is 0 Å². The van der Waals surface area contributed by atoms with Crippen LogP contribution in [0.25, 0.3) is 0 Å². The summed E-state index contributed by atoms with van der Waals surface area (Å²) in [5, 5.41) is 0. The quantitative estimate of drug-likeness (QED) is 0.525. The molecule has 29 heavy (non-hydrogen) atoms. The fraction of sp³-hybridized carbons (Fsp3) is 0.750. The van der Waals surface area contributed by atoms with E-state index >= 15 is 0 Å². The topological polar surface area (TPSA) is 59.8 Å². The maximum Gasteiger partial charge on any atom is 0.411 e. The van der Waals surface area contributed by atoms with E-state index in [1.807, 2.05) is 0 Å². The lowest BCUT2D eigenvalue weighted by Gasteiger charge is -2.39. The molecule has 13 heteroatoms. The minimum atomic E-state index is -4.64. The first-order chi connectivity index (χ1) is 13.6. The van der Waals surface area contributed by atoms with Crippen molar-refractivity contribution < 1.29 is 35.8 Å². The third kappa shape index (κ3) is 5.32. The van der Waals surface area contributed by atoms with E-state index < -0.39 is 50.1 Å². The molecular weight excluding hydrogens is 410 g/mol. The van der Waals surface area contributed by atoms with Gasteiger partial charge < -0.3 is 19.3 Å². The molecule has 7 nitrogen and oxygen atoms in total. The van der Waals surface area contributed by atoms with Crippen LogP contribution in [0.1, 0.15) is 6.42 Å². The van der Waals surface area contributed by atoms with E-state index in [0.717, 1.165) is 9.47 Å². The second-order valence-corrected chi connectivity index (χ2v) is 6.71. The Morgan fingerprint density at radius 3 is 2.45 bits per heavy atom. The molecule has 1 saturated heterocycles. The molecule has 2 aliphatic rings. The fourth-order valence-electron chi connectivity index (χ4n) is 3.36. The van der Waals surface area contributed by atoms with E-state index in [-0.39, 0.29) is 18.3 Å². The van der Waals surface area contributed by atoms with Gasteiger partial charge in [0, 0.05) is 32.2 Å². The highest BCUT2D eigenvalue weighted by molar-refractivity contribution is 5.46. The molecule has 0 saturated carbocycles. The zero-order valence-electron chi connectivity index (χ0n) is 15.3. The summed E-state index contributed by atoms with van der Waals surface area (Å²) in [6, 6.07) is -0.718. The Hall–Kier alpha value is -2.02. The van der Waals surface area contributed by atoms with Gasteiger partial charge in [-0.05, 0) is 6.42 Å². The third-order valence-electron chi connectivity index (χ3n) is 4.69. The normalized spacial score (nSPS) is 20.7. The molecule has 0 bridgehead atoms. The molecule has 1 aromatic heterocycles. The van der Waals surface area contributed by atoms with Crippen molar-refractivity contribution in [2.75, 3.05) is 55.9 Å². The number of alkyl halides is 6. The van der Waals surface area contributed by atoms with Gasteiger partial charge in [-0.1, -0.05) is 0 Å². The van der Waals surface area contributed by atoms with Crippen molar-refractivity contribution in [2.24, 2.45) is 0 Å². The molecule has 1 fully saturated rings. The minimum absolute atomic E-state index is 0.186. The summed E-state index contributed by atoms with van der Waals surface area (Å²) in [5.41, 5.74) is -0.515. The molecule has 0 aromatic carbocycles. The highest BCUT2D eigenvalue weighted by atomic mass is 19.4. The Morgan fingerprint density at radius 1 is 1.14 bits per heavy atom. The van der Waals surface area contributed by atoms with Crippen LogP contribution in [0, 0.1) is 0 Å². The largest absolute Gasteiger partial charge is 0.411 e. The Bertz CT molecular complexity index is 760. The van der Waals surface area contributed by atoms with Crippen LogP contribution in [0.15, 0.2) is 10.9 Å². The number of hydrogen-bond donors (Lipinski definition) is 0. The highest BCUT2D eigenvalue weighted by Crippen LogP contribution is 2.34. The second-order valence-electron chi connectivity index (χ2n) is 6.71. The van der Waals surface area contributed by atoms with Crippen molar-refractivity contribution in [3.8, 4) is 0 Å². The van der Waals surface area contributed by atoms with Crippen molar-refractivity contribution in [3.63, 3.8) is 0 Å². The average molecular weight is 430 g/mol. The van der Waals surface area contributed by atoms with Gasteiger partial charge in [-0.2, -0.15) is 31.3 Å². The van der Waals surface area contributed by atoms with E-state index in [1.54, 1.807) is 4.90 Å². The van der Waals surface area contributed by atoms with Gasteiger partial charge >= 0.3 is 12.4 Å². The van der Waals surface area contributed by atoms with Gasteiger partial charge in [0.25, 0.3) is 5.56 Å². The standard InChI is InChI=1S/C16H20F6N4O3/c17-15(18,19)10-29-8-5-25-11(16(20,21)22)1-2-26-13(27)9-12(23-14(25)26)24-3-6-28-7-4-24/h9,11H,1-8,10H2/t11-/m0/s1. The van der Waals surface area contributed by atoms with Crippen LogP contribution in [0.3, 0.4) is 0 Å². The van der Waals surface area contributed by atoms with E-state index in [9.17, 15) is 31.1 Å². The van der Waals surface area contributed by atoms with Crippen molar-refractivity contribution >= 4 is 11.8 Å². The highest BCUT2D eigenvalue weighted by Gasteiger charge is 2.46. The first-order valence-corrected chi connectivity index (χ1v) is 8.99. The van der Waals surface area contributed by atoms with Gasteiger partial charge in [0.1, 0.15) is 18.5 Å². The predicted octanol–water partition coefficient (Wildman–Crippen LogP) is 1.80. The summed E-state index contributed by atoms with van der Waals surface area (Å²) in [6.07, 6.45) is -9.63. The van der Waals surface area contributed by atoms with Gasteiger partial charge in [0.2, 0.25) is 5.95 Å². The fourth-order valence-corrected chi connectivity index (χ4v) is 3.36. The smallest absolute Gasteiger partial charge is 0.378 e. The van der Waals surface area contributed by atoms with E-state index in [0.29, 0.717) is 26.3 Å². The molecular formula is C16H20F6N4O3. The maximum absolute atomic E-state index is 13.5. The summed E-state index contributed by atoms with van der Waals surface area (Å²) in [4.78, 5) is 19.3. The number of anilines is 2. The number of aromatic nitrogens is 2. The Kier molecular flexibility index (Phi) is 6.27. The van der Waals surface area contributed by atoms with Gasteiger partial charge in [0.15, 0.2) is 0 Å². The lowest BCUT2D eigenvalue weighted by molar-refractivity contribution is -0.174. The SMILES string of the molecule is O=c1cc(N2CCOCC2)nc2n1CC[C@@H](C(F)(F)F)N2CCOCC(F)(F)F. The zero-order chi connectivity index (χ0) is 21.2. The summed E-state index contributed by atoms with van der Waals surface area (Å²) in [6.45, 7) is -1.20. The first-order valence-electron chi connectivity index (χ1n) is 8.99. The molecule has 0 amide bonds. The third-order valence-corrected chi connectivity index (χ3v) is 4.69. The molecule has 0 N–H and O–H groups in total. The van der Waals surface area contributed by atoms with Gasteiger partial charge in [-0.3, -0.25) is 9.36 Å². The van der Waals surface area contributed by atoms with E-state index in [4.69, 9.17) is 4.74 Å². The van der Waals surface area contributed by atoms with Crippen LogP contribution >= 0.6 is 0 Å². The summed E-state index contributed by atoms with van der Waals surface area (Å²) >= 11 is 0. The number of rotatable bonds is 5. The van der Waals surface area contributed by atoms with Crippen molar-refractivity contribution in [2.45, 2.75) is 31.4 Å². The maximum atomic E-state index is 13.5. The number of fused-ring (bicyclic) bond motifs is 1. The summed E-state index contributed by atoms with van der Waals surface area (Å²) in [7, 11) is 0. The van der Waals surface area contributed by atoms with Crippen LogP contribution in [-0.4, -0.2) is 74.0 Å². The van der Waals surface area contributed by atoms with Crippen LogP contribution in [0.4, 0.5) is 38.1 Å².